The van der Waals surface area contributed by atoms with Crippen molar-refractivity contribution >= 4 is 12.0 Å². The van der Waals surface area contributed by atoms with E-state index in [9.17, 15) is 9.59 Å². The fraction of sp³-hybridized carbons (Fsp3) is 0.750. The van der Waals surface area contributed by atoms with Crippen LogP contribution in [0.15, 0.2) is 0 Å². The van der Waals surface area contributed by atoms with E-state index in [0.29, 0.717) is 13.1 Å². The minimum atomic E-state index is -1.08. The Morgan fingerprint density at radius 2 is 2.00 bits per heavy atom. The Labute approximate surface area is 82.5 Å². The SMILES string of the molecule is CN(CC(=O)N1CCNCC1)C(=O)O. The van der Waals surface area contributed by atoms with Crippen LogP contribution in [0.5, 0.6) is 0 Å². The van der Waals surface area contributed by atoms with Crippen LogP contribution >= 0.6 is 0 Å². The maximum atomic E-state index is 11.5. The first-order valence-corrected chi connectivity index (χ1v) is 4.54. The van der Waals surface area contributed by atoms with Crippen molar-refractivity contribution in [3.8, 4) is 0 Å². The Morgan fingerprint density at radius 3 is 2.50 bits per heavy atom. The number of nitrogens with one attached hydrogen (secondary N) is 1. The summed E-state index contributed by atoms with van der Waals surface area (Å²) in [6.07, 6.45) is -1.08. The maximum absolute atomic E-state index is 11.5. The average molecular weight is 201 g/mol. The third-order valence-electron chi connectivity index (χ3n) is 2.17. The number of likely N-dealkylation sites (N-methyl/N-ethyl adjacent to an activating group) is 1. The number of amides is 2. The molecule has 2 amide bonds. The van der Waals surface area contributed by atoms with Gasteiger partial charge in [0.25, 0.3) is 0 Å². The fourth-order valence-corrected chi connectivity index (χ4v) is 1.28. The predicted molar refractivity (Wildman–Crippen MR) is 50.1 cm³/mol. The number of hydrogen-bond acceptors (Lipinski definition) is 3. The van der Waals surface area contributed by atoms with E-state index >= 15 is 0 Å². The van der Waals surface area contributed by atoms with E-state index in [1.54, 1.807) is 4.90 Å². The fourth-order valence-electron chi connectivity index (χ4n) is 1.28. The second-order valence-corrected chi connectivity index (χ2v) is 3.27. The van der Waals surface area contributed by atoms with Crippen LogP contribution in [-0.4, -0.2) is 66.7 Å². The van der Waals surface area contributed by atoms with Crippen LogP contribution in [0.3, 0.4) is 0 Å². The minimum absolute atomic E-state index is 0.0602. The van der Waals surface area contributed by atoms with Crippen molar-refractivity contribution in [2.24, 2.45) is 0 Å². The van der Waals surface area contributed by atoms with Crippen molar-refractivity contribution in [1.82, 2.24) is 15.1 Å². The lowest BCUT2D eigenvalue weighted by atomic mass is 10.3. The van der Waals surface area contributed by atoms with Gasteiger partial charge in [0.2, 0.25) is 5.91 Å². The Hall–Kier alpha value is -1.30. The van der Waals surface area contributed by atoms with E-state index in [-0.39, 0.29) is 12.5 Å². The minimum Gasteiger partial charge on any atom is -0.465 e. The molecule has 0 aromatic rings. The van der Waals surface area contributed by atoms with E-state index in [0.717, 1.165) is 18.0 Å². The molecule has 6 heteroatoms. The number of carboxylic acid groups (broad SMARTS) is 1. The summed E-state index contributed by atoms with van der Waals surface area (Å²) >= 11 is 0. The van der Waals surface area contributed by atoms with E-state index in [2.05, 4.69) is 5.32 Å². The van der Waals surface area contributed by atoms with E-state index < -0.39 is 6.09 Å². The molecule has 0 aromatic carbocycles. The normalized spacial score (nSPS) is 16.5. The summed E-state index contributed by atoms with van der Waals surface area (Å²) in [5, 5.41) is 11.7. The molecule has 1 heterocycles. The Balaban J connectivity index is 2.36. The number of piperazine rings is 1. The maximum Gasteiger partial charge on any atom is 0.407 e. The molecule has 0 aromatic heterocycles. The van der Waals surface area contributed by atoms with Gasteiger partial charge in [-0.1, -0.05) is 0 Å². The molecule has 0 saturated carbocycles. The molecule has 0 unspecified atom stereocenters. The lowest BCUT2D eigenvalue weighted by Crippen LogP contribution is -2.49. The number of nitrogens with zero attached hydrogens (tertiary/aromatic N) is 2. The standard InChI is InChI=1S/C8H15N3O3/c1-10(8(13)14)6-7(12)11-4-2-9-3-5-11/h9H,2-6H2,1H3,(H,13,14). The molecule has 1 saturated heterocycles. The molecular formula is C8H15N3O3. The van der Waals surface area contributed by atoms with Crippen LogP contribution in [-0.2, 0) is 4.79 Å². The zero-order valence-electron chi connectivity index (χ0n) is 8.19. The van der Waals surface area contributed by atoms with E-state index in [1.807, 2.05) is 0 Å². The lowest BCUT2D eigenvalue weighted by molar-refractivity contribution is -0.132. The van der Waals surface area contributed by atoms with Crippen molar-refractivity contribution in [3.63, 3.8) is 0 Å². The van der Waals surface area contributed by atoms with Gasteiger partial charge in [-0.3, -0.25) is 4.79 Å². The highest BCUT2D eigenvalue weighted by atomic mass is 16.4. The molecule has 14 heavy (non-hydrogen) atoms. The van der Waals surface area contributed by atoms with Crippen molar-refractivity contribution in [1.29, 1.82) is 0 Å². The van der Waals surface area contributed by atoms with Gasteiger partial charge in [0, 0.05) is 33.2 Å². The molecule has 0 bridgehead atoms. The van der Waals surface area contributed by atoms with Crippen molar-refractivity contribution in [2.75, 3.05) is 39.8 Å². The largest absolute Gasteiger partial charge is 0.465 e. The highest BCUT2D eigenvalue weighted by molar-refractivity contribution is 5.81. The third-order valence-corrected chi connectivity index (χ3v) is 2.17. The number of hydrogen-bond donors (Lipinski definition) is 2. The summed E-state index contributed by atoms with van der Waals surface area (Å²) in [6, 6.07) is 0. The summed E-state index contributed by atoms with van der Waals surface area (Å²) in [4.78, 5) is 24.6. The number of carbonyl (C=O) groups excluding carboxylic acids is 1. The van der Waals surface area contributed by atoms with Gasteiger partial charge in [0.05, 0.1) is 0 Å². The highest BCUT2D eigenvalue weighted by Gasteiger charge is 2.19. The molecule has 6 nitrogen and oxygen atoms in total. The third kappa shape index (κ3) is 2.88. The van der Waals surface area contributed by atoms with Crippen molar-refractivity contribution in [2.45, 2.75) is 0 Å². The first kappa shape index (κ1) is 10.8. The van der Waals surface area contributed by atoms with Gasteiger partial charge in [-0.05, 0) is 0 Å². The number of carbonyl (C=O) groups is 2. The quantitative estimate of drug-likeness (QED) is 0.603. The first-order valence-electron chi connectivity index (χ1n) is 4.54. The highest BCUT2D eigenvalue weighted by Crippen LogP contribution is 1.95. The molecule has 0 spiro atoms. The molecule has 0 aliphatic carbocycles. The van der Waals surface area contributed by atoms with Crippen LogP contribution in [0.25, 0.3) is 0 Å². The molecule has 80 valence electrons. The summed E-state index contributed by atoms with van der Waals surface area (Å²) in [7, 11) is 1.39. The number of rotatable bonds is 2. The van der Waals surface area contributed by atoms with Gasteiger partial charge in [-0.25, -0.2) is 4.79 Å². The second kappa shape index (κ2) is 4.80. The van der Waals surface area contributed by atoms with E-state index in [4.69, 9.17) is 5.11 Å². The Morgan fingerprint density at radius 1 is 1.43 bits per heavy atom. The molecular weight excluding hydrogens is 186 g/mol. The van der Waals surface area contributed by atoms with Crippen LogP contribution in [0.2, 0.25) is 0 Å². The first-order chi connectivity index (χ1) is 6.61. The van der Waals surface area contributed by atoms with Gasteiger partial charge in [0.15, 0.2) is 0 Å². The predicted octanol–water partition coefficient (Wildman–Crippen LogP) is -0.972. The molecule has 1 aliphatic heterocycles. The van der Waals surface area contributed by atoms with Gasteiger partial charge >= 0.3 is 6.09 Å². The molecule has 2 N–H and O–H groups in total. The molecule has 0 radical (unpaired) electrons. The van der Waals surface area contributed by atoms with Gasteiger partial charge in [-0.15, -0.1) is 0 Å². The van der Waals surface area contributed by atoms with Gasteiger partial charge in [0.1, 0.15) is 6.54 Å². The van der Waals surface area contributed by atoms with Crippen molar-refractivity contribution < 1.29 is 14.7 Å². The van der Waals surface area contributed by atoms with Crippen LogP contribution in [0.4, 0.5) is 4.79 Å². The summed E-state index contributed by atoms with van der Waals surface area (Å²) in [5.41, 5.74) is 0. The summed E-state index contributed by atoms with van der Waals surface area (Å²) < 4.78 is 0. The lowest BCUT2D eigenvalue weighted by Gasteiger charge is -2.28. The molecule has 1 rings (SSSR count). The van der Waals surface area contributed by atoms with Gasteiger partial charge in [-0.2, -0.15) is 0 Å². The molecule has 0 atom stereocenters. The Kier molecular flexibility index (Phi) is 3.70. The van der Waals surface area contributed by atoms with Crippen LogP contribution < -0.4 is 5.32 Å². The molecule has 1 aliphatic rings. The second-order valence-electron chi connectivity index (χ2n) is 3.27. The van der Waals surface area contributed by atoms with Gasteiger partial charge < -0.3 is 20.2 Å². The van der Waals surface area contributed by atoms with E-state index in [1.165, 1.54) is 7.05 Å². The molecule has 1 fully saturated rings. The zero-order chi connectivity index (χ0) is 10.6. The smallest absolute Gasteiger partial charge is 0.407 e. The zero-order valence-corrected chi connectivity index (χ0v) is 8.19. The Bertz CT molecular complexity index is 226. The average Bonchev–Trinajstić information content (AvgIpc) is 2.19. The summed E-state index contributed by atoms with van der Waals surface area (Å²) in [5.74, 6) is -0.128. The van der Waals surface area contributed by atoms with Crippen LogP contribution in [0, 0.1) is 0 Å². The topological polar surface area (TPSA) is 72.9 Å². The monoisotopic (exact) mass is 201 g/mol. The van der Waals surface area contributed by atoms with Crippen LogP contribution in [0.1, 0.15) is 0 Å². The summed E-state index contributed by atoms with van der Waals surface area (Å²) in [6.45, 7) is 2.82. The van der Waals surface area contributed by atoms with Crippen molar-refractivity contribution in [3.05, 3.63) is 0 Å².